The fourth-order valence-electron chi connectivity index (χ4n) is 4.50. The van der Waals surface area contributed by atoms with Crippen molar-refractivity contribution < 1.29 is 19.1 Å². The zero-order valence-electron chi connectivity index (χ0n) is 24.3. The normalized spacial score (nSPS) is 11.2. The molecule has 0 spiro atoms. The Morgan fingerprint density at radius 1 is 1.10 bits per heavy atom. The Balaban J connectivity index is 1.50. The number of nitriles is 1. The average Bonchev–Trinajstić information content (AvgIpc) is 3.29. The highest BCUT2D eigenvalue weighted by atomic mass is 16.6. The van der Waals surface area contributed by atoms with E-state index in [2.05, 4.69) is 25.7 Å². The zero-order valence-corrected chi connectivity index (χ0v) is 24.3. The van der Waals surface area contributed by atoms with Gasteiger partial charge in [0.15, 0.2) is 5.69 Å². The molecule has 1 aromatic carbocycles. The van der Waals surface area contributed by atoms with Gasteiger partial charge in [-0.2, -0.15) is 10.4 Å². The van der Waals surface area contributed by atoms with Crippen LogP contribution in [0.2, 0.25) is 0 Å². The molecule has 0 unspecified atom stereocenters. The SMILES string of the molecule is Cc1cnc2c(C(N)=O)cc(Cn3cc(C(=O)NCc4c(C)cc(NC(=O)OC(C)(C)C)nc4C)c(C#N)n3)cc2c1. The predicted octanol–water partition coefficient (Wildman–Crippen LogP) is 4.05. The molecule has 4 aromatic rings. The fraction of sp³-hybridized carbons (Fsp3) is 0.300. The first-order valence-electron chi connectivity index (χ1n) is 13.2. The Morgan fingerprint density at radius 2 is 1.83 bits per heavy atom. The van der Waals surface area contributed by atoms with E-state index in [-0.39, 0.29) is 29.9 Å². The molecule has 0 saturated heterocycles. The van der Waals surface area contributed by atoms with Crippen LogP contribution in [0.25, 0.3) is 10.9 Å². The summed E-state index contributed by atoms with van der Waals surface area (Å²) >= 11 is 0. The fourth-order valence-corrected chi connectivity index (χ4v) is 4.50. The van der Waals surface area contributed by atoms with Crippen LogP contribution in [0.4, 0.5) is 10.6 Å². The highest BCUT2D eigenvalue weighted by molar-refractivity contribution is 6.05. The molecule has 4 rings (SSSR count). The number of aryl methyl sites for hydroxylation is 3. The number of ether oxygens (including phenoxy) is 1. The van der Waals surface area contributed by atoms with Gasteiger partial charge in [-0.15, -0.1) is 0 Å². The average molecular weight is 569 g/mol. The minimum absolute atomic E-state index is 0.0376. The lowest BCUT2D eigenvalue weighted by Crippen LogP contribution is -2.28. The molecule has 216 valence electrons. The van der Waals surface area contributed by atoms with E-state index in [1.54, 1.807) is 46.0 Å². The van der Waals surface area contributed by atoms with Crippen LogP contribution in [0, 0.1) is 32.1 Å². The standard InChI is InChI=1S/C30H32N8O4/c1-16-7-20-9-19(10-21(27(32)39)26(20)33-12-16)14-38-15-23(24(11-31)37-38)28(40)34-13-22-17(2)8-25(35-18(22)3)36-29(41)42-30(4,5)6/h7-10,12,15H,13-14H2,1-6H3,(H2,32,39)(H,34,40)(H,35,36,41). The van der Waals surface area contributed by atoms with Gasteiger partial charge in [-0.3, -0.25) is 24.6 Å². The molecule has 0 saturated carbocycles. The Labute approximate surface area is 242 Å². The smallest absolute Gasteiger partial charge is 0.413 e. The van der Waals surface area contributed by atoms with Crippen molar-refractivity contribution in [1.82, 2.24) is 25.1 Å². The number of primary amides is 1. The number of rotatable bonds is 7. The van der Waals surface area contributed by atoms with Gasteiger partial charge in [0.1, 0.15) is 17.5 Å². The molecule has 0 bridgehead atoms. The molecule has 0 aliphatic carbocycles. The number of pyridine rings is 2. The maximum Gasteiger partial charge on any atom is 0.413 e. The number of nitrogens with one attached hydrogen (secondary N) is 2. The quantitative estimate of drug-likeness (QED) is 0.299. The van der Waals surface area contributed by atoms with Crippen molar-refractivity contribution in [3.05, 3.63) is 81.4 Å². The Kier molecular flexibility index (Phi) is 8.24. The number of carbonyl (C=O) groups is 3. The molecule has 3 aromatic heterocycles. The van der Waals surface area contributed by atoms with E-state index >= 15 is 0 Å². The number of aromatic nitrogens is 4. The van der Waals surface area contributed by atoms with Gasteiger partial charge >= 0.3 is 6.09 Å². The van der Waals surface area contributed by atoms with Crippen LogP contribution in [0.3, 0.4) is 0 Å². The number of fused-ring (bicyclic) bond motifs is 1. The second-order valence-corrected chi connectivity index (χ2v) is 11.0. The first-order valence-corrected chi connectivity index (χ1v) is 13.2. The van der Waals surface area contributed by atoms with Gasteiger partial charge in [-0.1, -0.05) is 0 Å². The van der Waals surface area contributed by atoms with E-state index in [4.69, 9.17) is 10.5 Å². The molecule has 0 aliphatic rings. The summed E-state index contributed by atoms with van der Waals surface area (Å²) in [5.74, 6) is -0.754. The summed E-state index contributed by atoms with van der Waals surface area (Å²) < 4.78 is 6.75. The van der Waals surface area contributed by atoms with Gasteiger partial charge in [0, 0.05) is 30.0 Å². The monoisotopic (exact) mass is 568 g/mol. The van der Waals surface area contributed by atoms with Crippen LogP contribution in [0.5, 0.6) is 0 Å². The lowest BCUT2D eigenvalue weighted by atomic mass is 10.0. The highest BCUT2D eigenvalue weighted by Gasteiger charge is 2.20. The topological polar surface area (TPSA) is 178 Å². The molecule has 3 heterocycles. The van der Waals surface area contributed by atoms with Gasteiger partial charge in [0.25, 0.3) is 11.8 Å². The lowest BCUT2D eigenvalue weighted by Gasteiger charge is -2.20. The molecule has 0 atom stereocenters. The molecule has 3 amide bonds. The summed E-state index contributed by atoms with van der Waals surface area (Å²) in [4.78, 5) is 46.1. The van der Waals surface area contributed by atoms with Crippen molar-refractivity contribution in [2.45, 2.75) is 60.2 Å². The number of benzene rings is 1. The number of hydrogen-bond acceptors (Lipinski definition) is 8. The minimum Gasteiger partial charge on any atom is -0.444 e. The largest absolute Gasteiger partial charge is 0.444 e. The molecular formula is C30H32N8O4. The Hall–Kier alpha value is -5.31. The van der Waals surface area contributed by atoms with E-state index < -0.39 is 23.5 Å². The maximum absolute atomic E-state index is 13.1. The first kappa shape index (κ1) is 29.7. The van der Waals surface area contributed by atoms with Crippen molar-refractivity contribution in [2.75, 3.05) is 5.32 Å². The number of anilines is 1. The van der Waals surface area contributed by atoms with E-state index in [0.29, 0.717) is 22.6 Å². The van der Waals surface area contributed by atoms with Crippen molar-refractivity contribution in [2.24, 2.45) is 5.73 Å². The third-order valence-electron chi connectivity index (χ3n) is 6.31. The van der Waals surface area contributed by atoms with Crippen molar-refractivity contribution >= 4 is 34.6 Å². The van der Waals surface area contributed by atoms with Crippen LogP contribution in [-0.4, -0.2) is 43.3 Å². The van der Waals surface area contributed by atoms with E-state index in [1.807, 2.05) is 32.0 Å². The van der Waals surface area contributed by atoms with Crippen molar-refractivity contribution in [3.63, 3.8) is 0 Å². The van der Waals surface area contributed by atoms with E-state index in [0.717, 1.165) is 22.1 Å². The number of amides is 3. The van der Waals surface area contributed by atoms with Crippen LogP contribution < -0.4 is 16.4 Å². The maximum atomic E-state index is 13.1. The second kappa shape index (κ2) is 11.7. The van der Waals surface area contributed by atoms with Gasteiger partial charge in [0.05, 0.1) is 23.2 Å². The molecule has 12 nitrogen and oxygen atoms in total. The summed E-state index contributed by atoms with van der Waals surface area (Å²) in [6, 6.07) is 9.08. The van der Waals surface area contributed by atoms with Crippen LogP contribution >= 0.6 is 0 Å². The zero-order chi connectivity index (χ0) is 30.8. The van der Waals surface area contributed by atoms with Gasteiger partial charge in [-0.05, 0) is 88.1 Å². The molecule has 42 heavy (non-hydrogen) atoms. The Morgan fingerprint density at radius 3 is 2.48 bits per heavy atom. The molecule has 0 fully saturated rings. The molecule has 0 aliphatic heterocycles. The number of carbonyl (C=O) groups excluding carboxylic acids is 3. The number of hydrogen-bond donors (Lipinski definition) is 3. The molecular weight excluding hydrogens is 536 g/mol. The van der Waals surface area contributed by atoms with Gasteiger partial charge in [-0.25, -0.2) is 9.78 Å². The third-order valence-corrected chi connectivity index (χ3v) is 6.31. The van der Waals surface area contributed by atoms with Crippen molar-refractivity contribution in [3.8, 4) is 6.07 Å². The summed E-state index contributed by atoms with van der Waals surface area (Å²) in [6.45, 7) is 11.2. The van der Waals surface area contributed by atoms with Crippen molar-refractivity contribution in [1.29, 1.82) is 5.26 Å². The third kappa shape index (κ3) is 6.87. The first-order chi connectivity index (χ1) is 19.7. The molecule has 4 N–H and O–H groups in total. The van der Waals surface area contributed by atoms with Crippen LogP contribution in [0.15, 0.2) is 36.7 Å². The Bertz CT molecular complexity index is 1740. The van der Waals surface area contributed by atoms with Crippen LogP contribution in [0.1, 0.15) is 75.1 Å². The minimum atomic E-state index is -0.646. The summed E-state index contributed by atoms with van der Waals surface area (Å²) in [5, 5.41) is 20.1. The summed E-state index contributed by atoms with van der Waals surface area (Å²) in [5.41, 5.74) is 9.62. The molecule has 0 radical (unpaired) electrons. The summed E-state index contributed by atoms with van der Waals surface area (Å²) in [6.07, 6.45) is 2.54. The second-order valence-electron chi connectivity index (χ2n) is 11.0. The van der Waals surface area contributed by atoms with E-state index in [9.17, 15) is 19.6 Å². The predicted molar refractivity (Wildman–Crippen MR) is 156 cm³/mol. The van der Waals surface area contributed by atoms with Gasteiger partial charge in [0.2, 0.25) is 0 Å². The number of nitrogens with zero attached hydrogens (tertiary/aromatic N) is 5. The lowest BCUT2D eigenvalue weighted by molar-refractivity contribution is 0.0635. The molecule has 12 heteroatoms. The summed E-state index contributed by atoms with van der Waals surface area (Å²) in [7, 11) is 0. The van der Waals surface area contributed by atoms with Crippen LogP contribution in [-0.2, 0) is 17.8 Å². The number of nitrogens with two attached hydrogens (primary N) is 1. The van der Waals surface area contributed by atoms with Gasteiger partial charge < -0.3 is 15.8 Å². The van der Waals surface area contributed by atoms with E-state index in [1.165, 1.54) is 10.9 Å². The highest BCUT2D eigenvalue weighted by Crippen LogP contribution is 2.22.